The third-order valence-electron chi connectivity index (χ3n) is 2.39. The van der Waals surface area contributed by atoms with Crippen molar-refractivity contribution in [2.24, 2.45) is 0 Å². The molecule has 0 amide bonds. The monoisotopic (exact) mass is 203 g/mol. The highest BCUT2D eigenvalue weighted by atomic mass is 16.7. The predicted octanol–water partition coefficient (Wildman–Crippen LogP) is 0.764. The second-order valence-electron chi connectivity index (χ2n) is 3.89. The Hall–Kier alpha value is -0.160. The van der Waals surface area contributed by atoms with Crippen molar-refractivity contribution in [3.8, 4) is 0 Å². The largest absolute Gasteiger partial charge is 0.383 e. The third kappa shape index (κ3) is 3.92. The van der Waals surface area contributed by atoms with E-state index in [4.69, 9.17) is 14.2 Å². The van der Waals surface area contributed by atoms with Crippen molar-refractivity contribution < 1.29 is 14.2 Å². The quantitative estimate of drug-likeness (QED) is 0.692. The first-order valence-electron chi connectivity index (χ1n) is 5.16. The Labute approximate surface area is 85.9 Å². The smallest absolute Gasteiger partial charge is 0.166 e. The van der Waals surface area contributed by atoms with E-state index < -0.39 is 0 Å². The number of rotatable bonds is 6. The summed E-state index contributed by atoms with van der Waals surface area (Å²) in [5, 5.41) is 3.35. The summed E-state index contributed by atoms with van der Waals surface area (Å²) in [5.41, 5.74) is 0. The lowest BCUT2D eigenvalue weighted by Crippen LogP contribution is -2.36. The highest BCUT2D eigenvalue weighted by Crippen LogP contribution is 2.21. The Balaban J connectivity index is 2.08. The highest BCUT2D eigenvalue weighted by molar-refractivity contribution is 4.70. The van der Waals surface area contributed by atoms with Crippen LogP contribution in [0.4, 0.5) is 0 Å². The molecule has 1 aliphatic rings. The van der Waals surface area contributed by atoms with Crippen molar-refractivity contribution in [1.82, 2.24) is 5.32 Å². The molecule has 0 radical (unpaired) electrons. The molecule has 1 aliphatic heterocycles. The van der Waals surface area contributed by atoms with Crippen LogP contribution in [-0.2, 0) is 14.2 Å². The van der Waals surface area contributed by atoms with Gasteiger partial charge in [-0.3, -0.25) is 0 Å². The van der Waals surface area contributed by atoms with E-state index in [1.54, 1.807) is 7.11 Å². The first kappa shape index (κ1) is 11.9. The Bertz CT molecular complexity index is 157. The van der Waals surface area contributed by atoms with Crippen molar-refractivity contribution in [3.05, 3.63) is 0 Å². The van der Waals surface area contributed by atoms with Crippen molar-refractivity contribution in [2.75, 3.05) is 33.5 Å². The standard InChI is InChI=1S/C10H21NO3/c1-9(8-12-3)11-5-4-10(2)13-6-7-14-10/h9,11H,4-8H2,1-3H3. The molecule has 0 saturated carbocycles. The lowest BCUT2D eigenvalue weighted by atomic mass is 10.2. The Morgan fingerprint density at radius 1 is 1.43 bits per heavy atom. The molecule has 1 rings (SSSR count). The van der Waals surface area contributed by atoms with Gasteiger partial charge in [0.25, 0.3) is 0 Å². The van der Waals surface area contributed by atoms with Crippen LogP contribution in [0.1, 0.15) is 20.3 Å². The molecule has 1 atom stereocenters. The van der Waals surface area contributed by atoms with Crippen LogP contribution in [0.2, 0.25) is 0 Å². The molecule has 0 aromatic carbocycles. The summed E-state index contributed by atoms with van der Waals surface area (Å²) in [7, 11) is 1.71. The maximum Gasteiger partial charge on any atom is 0.166 e. The molecule has 1 fully saturated rings. The van der Waals surface area contributed by atoms with Crippen molar-refractivity contribution in [3.63, 3.8) is 0 Å². The number of nitrogens with one attached hydrogen (secondary N) is 1. The molecule has 1 unspecified atom stereocenters. The summed E-state index contributed by atoms with van der Waals surface area (Å²) >= 11 is 0. The molecule has 84 valence electrons. The number of hydrogen-bond donors (Lipinski definition) is 1. The molecule has 0 aromatic heterocycles. The average molecular weight is 203 g/mol. The van der Waals surface area contributed by atoms with E-state index in [1.807, 2.05) is 6.92 Å². The van der Waals surface area contributed by atoms with Gasteiger partial charge in [-0.2, -0.15) is 0 Å². The van der Waals surface area contributed by atoms with Crippen LogP contribution in [0, 0.1) is 0 Å². The van der Waals surface area contributed by atoms with Gasteiger partial charge in [-0.05, 0) is 13.8 Å². The van der Waals surface area contributed by atoms with Crippen LogP contribution in [0.25, 0.3) is 0 Å². The molecule has 0 aliphatic carbocycles. The topological polar surface area (TPSA) is 39.7 Å². The molecule has 0 spiro atoms. The second-order valence-corrected chi connectivity index (χ2v) is 3.89. The summed E-state index contributed by atoms with van der Waals surface area (Å²) < 4.78 is 16.0. The SMILES string of the molecule is COCC(C)NCCC1(C)OCCO1. The maximum absolute atomic E-state index is 5.49. The fraction of sp³-hybridized carbons (Fsp3) is 1.00. The summed E-state index contributed by atoms with van der Waals surface area (Å²) in [5.74, 6) is -0.375. The highest BCUT2D eigenvalue weighted by Gasteiger charge is 2.30. The van der Waals surface area contributed by atoms with Crippen LogP contribution in [0.3, 0.4) is 0 Å². The molecule has 14 heavy (non-hydrogen) atoms. The van der Waals surface area contributed by atoms with E-state index in [1.165, 1.54) is 0 Å². The van der Waals surface area contributed by atoms with Gasteiger partial charge in [0, 0.05) is 26.1 Å². The van der Waals surface area contributed by atoms with Crippen molar-refractivity contribution >= 4 is 0 Å². The molecule has 4 heteroatoms. The average Bonchev–Trinajstić information content (AvgIpc) is 2.53. The van der Waals surface area contributed by atoms with Gasteiger partial charge in [-0.25, -0.2) is 0 Å². The van der Waals surface area contributed by atoms with Gasteiger partial charge in [-0.1, -0.05) is 0 Å². The van der Waals surface area contributed by atoms with Gasteiger partial charge >= 0.3 is 0 Å². The fourth-order valence-corrected chi connectivity index (χ4v) is 1.56. The van der Waals surface area contributed by atoms with Crippen LogP contribution >= 0.6 is 0 Å². The van der Waals surface area contributed by atoms with Gasteiger partial charge in [-0.15, -0.1) is 0 Å². The Kier molecular flexibility index (Phi) is 4.81. The molecule has 1 saturated heterocycles. The molecule has 0 aromatic rings. The minimum Gasteiger partial charge on any atom is -0.383 e. The molecule has 1 heterocycles. The third-order valence-corrected chi connectivity index (χ3v) is 2.39. The van der Waals surface area contributed by atoms with E-state index in [0.717, 1.165) is 19.6 Å². The fourth-order valence-electron chi connectivity index (χ4n) is 1.56. The van der Waals surface area contributed by atoms with E-state index in [0.29, 0.717) is 19.3 Å². The van der Waals surface area contributed by atoms with Crippen LogP contribution in [0.15, 0.2) is 0 Å². The first-order chi connectivity index (χ1) is 6.66. The predicted molar refractivity (Wildman–Crippen MR) is 54.3 cm³/mol. The van der Waals surface area contributed by atoms with Crippen molar-refractivity contribution in [1.29, 1.82) is 0 Å². The molecule has 1 N–H and O–H groups in total. The number of hydrogen-bond acceptors (Lipinski definition) is 4. The molecule has 4 nitrogen and oxygen atoms in total. The molecular weight excluding hydrogens is 182 g/mol. The minimum atomic E-state index is -0.375. The lowest BCUT2D eigenvalue weighted by molar-refractivity contribution is -0.145. The summed E-state index contributed by atoms with van der Waals surface area (Å²) in [6.07, 6.45) is 0.876. The zero-order valence-electron chi connectivity index (χ0n) is 9.34. The Morgan fingerprint density at radius 3 is 2.64 bits per heavy atom. The normalized spacial score (nSPS) is 22.5. The van der Waals surface area contributed by atoms with Gasteiger partial charge in [0.1, 0.15) is 0 Å². The van der Waals surface area contributed by atoms with Crippen LogP contribution in [-0.4, -0.2) is 45.3 Å². The summed E-state index contributed by atoms with van der Waals surface area (Å²) in [4.78, 5) is 0. The Morgan fingerprint density at radius 2 is 2.07 bits per heavy atom. The number of methoxy groups -OCH3 is 1. The van der Waals surface area contributed by atoms with E-state index in [2.05, 4.69) is 12.2 Å². The van der Waals surface area contributed by atoms with Gasteiger partial charge in [0.05, 0.1) is 19.8 Å². The zero-order chi connectivity index (χ0) is 10.4. The maximum atomic E-state index is 5.49. The van der Waals surface area contributed by atoms with E-state index in [-0.39, 0.29) is 5.79 Å². The van der Waals surface area contributed by atoms with Crippen molar-refractivity contribution in [2.45, 2.75) is 32.1 Å². The molecule has 0 bridgehead atoms. The number of ether oxygens (including phenoxy) is 3. The lowest BCUT2D eigenvalue weighted by Gasteiger charge is -2.23. The van der Waals surface area contributed by atoms with Crippen LogP contribution < -0.4 is 5.32 Å². The minimum absolute atomic E-state index is 0.375. The van der Waals surface area contributed by atoms with Crippen LogP contribution in [0.5, 0.6) is 0 Å². The summed E-state index contributed by atoms with van der Waals surface area (Å²) in [6, 6.07) is 0.380. The molecular formula is C10H21NO3. The summed E-state index contributed by atoms with van der Waals surface area (Å²) in [6.45, 7) is 7.14. The second kappa shape index (κ2) is 5.66. The van der Waals surface area contributed by atoms with E-state index in [9.17, 15) is 0 Å². The van der Waals surface area contributed by atoms with Gasteiger partial charge in [0.2, 0.25) is 0 Å². The first-order valence-corrected chi connectivity index (χ1v) is 5.16. The zero-order valence-corrected chi connectivity index (χ0v) is 9.34. The van der Waals surface area contributed by atoms with E-state index >= 15 is 0 Å². The van der Waals surface area contributed by atoms with Gasteiger partial charge in [0.15, 0.2) is 5.79 Å². The van der Waals surface area contributed by atoms with Gasteiger partial charge < -0.3 is 19.5 Å².